The number of ether oxygens (including phenoxy) is 2. The molecule has 20 heavy (non-hydrogen) atoms. The molecule has 0 aromatic carbocycles. The van der Waals surface area contributed by atoms with Crippen molar-refractivity contribution < 1.29 is 24.5 Å². The normalized spacial score (nSPS) is 11.6. The summed E-state index contributed by atoms with van der Waals surface area (Å²) in [6, 6.07) is 1.42. The molecule has 0 unspecified atom stereocenters. The van der Waals surface area contributed by atoms with E-state index in [1.165, 1.54) is 19.4 Å². The number of aromatic nitrogens is 2. The molecule has 2 N–H and O–H groups in total. The van der Waals surface area contributed by atoms with Crippen LogP contribution >= 0.6 is 0 Å². The Labute approximate surface area is 115 Å². The van der Waals surface area contributed by atoms with Gasteiger partial charge in [-0.1, -0.05) is 0 Å². The van der Waals surface area contributed by atoms with Crippen molar-refractivity contribution in [3.05, 3.63) is 12.3 Å². The zero-order chi connectivity index (χ0) is 15.1. The van der Waals surface area contributed by atoms with Crippen molar-refractivity contribution in [1.82, 2.24) is 9.55 Å². The standard InChI is InChI=1S/C13H16N2O5/c1-13(2,3)20-12(18)15-8-6-14-9(19-4)5-7(8)10(16)11(15)17/h5-6,16-17H,1-4H3. The average molecular weight is 280 g/mol. The monoisotopic (exact) mass is 280 g/mol. The van der Waals surface area contributed by atoms with Crippen LogP contribution in [0, 0.1) is 0 Å². The number of rotatable bonds is 1. The number of methoxy groups -OCH3 is 1. The molecule has 0 aliphatic heterocycles. The number of carbonyl (C=O) groups excluding carboxylic acids is 1. The Hall–Kier alpha value is -2.44. The molecule has 2 aromatic heterocycles. The predicted octanol–water partition coefficient (Wildman–Crippen LogP) is 2.24. The summed E-state index contributed by atoms with van der Waals surface area (Å²) in [7, 11) is 1.43. The van der Waals surface area contributed by atoms with Gasteiger partial charge in [0, 0.05) is 6.07 Å². The summed E-state index contributed by atoms with van der Waals surface area (Å²) in [5, 5.41) is 20.0. The summed E-state index contributed by atoms with van der Waals surface area (Å²) >= 11 is 0. The van der Waals surface area contributed by atoms with Crippen molar-refractivity contribution in [2.45, 2.75) is 26.4 Å². The van der Waals surface area contributed by atoms with Gasteiger partial charge in [-0.05, 0) is 20.8 Å². The van der Waals surface area contributed by atoms with Gasteiger partial charge in [-0.15, -0.1) is 0 Å². The Balaban J connectivity index is 2.59. The molecule has 0 aliphatic rings. The zero-order valence-electron chi connectivity index (χ0n) is 11.7. The van der Waals surface area contributed by atoms with E-state index in [2.05, 4.69) is 4.98 Å². The lowest BCUT2D eigenvalue weighted by molar-refractivity contribution is 0.0532. The van der Waals surface area contributed by atoms with Gasteiger partial charge in [0.2, 0.25) is 11.8 Å². The second-order valence-electron chi connectivity index (χ2n) is 5.23. The molecule has 7 heteroatoms. The highest BCUT2D eigenvalue weighted by Gasteiger charge is 2.26. The van der Waals surface area contributed by atoms with E-state index in [0.29, 0.717) is 0 Å². The van der Waals surface area contributed by atoms with Crippen molar-refractivity contribution >= 4 is 17.0 Å². The largest absolute Gasteiger partial charge is 0.503 e. The molecular weight excluding hydrogens is 264 g/mol. The van der Waals surface area contributed by atoms with Crippen molar-refractivity contribution in [3.63, 3.8) is 0 Å². The fourth-order valence-electron chi connectivity index (χ4n) is 1.74. The van der Waals surface area contributed by atoms with Gasteiger partial charge < -0.3 is 19.7 Å². The van der Waals surface area contributed by atoms with Crippen LogP contribution < -0.4 is 4.74 Å². The molecule has 0 saturated carbocycles. The van der Waals surface area contributed by atoms with Gasteiger partial charge in [-0.3, -0.25) is 0 Å². The topological polar surface area (TPSA) is 93.8 Å². The first kappa shape index (κ1) is 14.0. The van der Waals surface area contributed by atoms with Crippen LogP contribution in [0.5, 0.6) is 17.5 Å². The molecule has 0 spiro atoms. The van der Waals surface area contributed by atoms with Crippen LogP contribution in [-0.4, -0.2) is 38.6 Å². The minimum absolute atomic E-state index is 0.232. The molecular formula is C13H16N2O5. The molecule has 0 bridgehead atoms. The third-order valence-electron chi connectivity index (χ3n) is 2.56. The lowest BCUT2D eigenvalue weighted by atomic mass is 10.2. The second-order valence-corrected chi connectivity index (χ2v) is 5.23. The Morgan fingerprint density at radius 3 is 2.55 bits per heavy atom. The van der Waals surface area contributed by atoms with Gasteiger partial charge in [0.1, 0.15) is 5.60 Å². The highest BCUT2D eigenvalue weighted by molar-refractivity contribution is 5.97. The molecule has 2 rings (SSSR count). The molecule has 0 amide bonds. The molecule has 0 atom stereocenters. The molecule has 0 aliphatic carbocycles. The van der Waals surface area contributed by atoms with Crippen molar-refractivity contribution in [2.75, 3.05) is 7.11 Å². The minimum atomic E-state index is -0.799. The van der Waals surface area contributed by atoms with E-state index in [4.69, 9.17) is 9.47 Å². The van der Waals surface area contributed by atoms with E-state index in [-0.39, 0.29) is 16.8 Å². The number of nitrogens with zero attached hydrogens (tertiary/aromatic N) is 2. The van der Waals surface area contributed by atoms with Crippen LogP contribution in [0.25, 0.3) is 10.9 Å². The van der Waals surface area contributed by atoms with E-state index in [9.17, 15) is 15.0 Å². The molecule has 108 valence electrons. The van der Waals surface area contributed by atoms with E-state index in [0.717, 1.165) is 4.57 Å². The van der Waals surface area contributed by atoms with Crippen molar-refractivity contribution in [2.24, 2.45) is 0 Å². The summed E-state index contributed by atoms with van der Waals surface area (Å²) < 4.78 is 11.0. The third-order valence-corrected chi connectivity index (χ3v) is 2.56. The van der Waals surface area contributed by atoms with Gasteiger partial charge in [0.25, 0.3) is 0 Å². The van der Waals surface area contributed by atoms with Gasteiger partial charge >= 0.3 is 6.09 Å². The maximum Gasteiger partial charge on any atom is 0.422 e. The number of carbonyl (C=O) groups is 1. The Morgan fingerprint density at radius 1 is 1.35 bits per heavy atom. The van der Waals surface area contributed by atoms with E-state index >= 15 is 0 Å². The maximum atomic E-state index is 12.1. The Kier molecular flexibility index (Phi) is 3.21. The fraction of sp³-hybridized carbons (Fsp3) is 0.385. The van der Waals surface area contributed by atoms with Crippen LogP contribution in [0.2, 0.25) is 0 Å². The highest BCUT2D eigenvalue weighted by atomic mass is 16.6. The third kappa shape index (κ3) is 2.34. The number of hydrogen-bond acceptors (Lipinski definition) is 6. The van der Waals surface area contributed by atoms with Crippen LogP contribution in [-0.2, 0) is 4.74 Å². The quantitative estimate of drug-likeness (QED) is 0.832. The summed E-state index contributed by atoms with van der Waals surface area (Å²) in [4.78, 5) is 16.0. The first-order chi connectivity index (χ1) is 9.24. The maximum absolute atomic E-state index is 12.1. The second kappa shape index (κ2) is 4.59. The number of hydrogen-bond donors (Lipinski definition) is 2. The van der Waals surface area contributed by atoms with Crippen LogP contribution in [0.1, 0.15) is 20.8 Å². The van der Waals surface area contributed by atoms with Crippen LogP contribution in [0.15, 0.2) is 12.3 Å². The van der Waals surface area contributed by atoms with Gasteiger partial charge in [0.15, 0.2) is 5.75 Å². The van der Waals surface area contributed by atoms with Crippen LogP contribution in [0.3, 0.4) is 0 Å². The van der Waals surface area contributed by atoms with Gasteiger partial charge in [-0.2, -0.15) is 0 Å². The van der Waals surface area contributed by atoms with E-state index in [1.807, 2.05) is 0 Å². The molecule has 7 nitrogen and oxygen atoms in total. The lowest BCUT2D eigenvalue weighted by Crippen LogP contribution is -2.26. The lowest BCUT2D eigenvalue weighted by Gasteiger charge is -2.19. The summed E-state index contributed by atoms with van der Waals surface area (Å²) in [6.07, 6.45) is 0.518. The number of aromatic hydroxyl groups is 2. The molecule has 0 saturated heterocycles. The molecule has 2 aromatic rings. The molecule has 0 fully saturated rings. The first-order valence-electron chi connectivity index (χ1n) is 5.94. The summed E-state index contributed by atoms with van der Waals surface area (Å²) in [5.41, 5.74) is -0.495. The number of fused-ring (bicyclic) bond motifs is 1. The molecule has 2 heterocycles. The van der Waals surface area contributed by atoms with Crippen molar-refractivity contribution in [3.8, 4) is 17.5 Å². The number of pyridine rings is 1. The Bertz CT molecular complexity index is 669. The zero-order valence-corrected chi connectivity index (χ0v) is 11.7. The Morgan fingerprint density at radius 2 is 2.00 bits per heavy atom. The van der Waals surface area contributed by atoms with E-state index < -0.39 is 23.3 Å². The van der Waals surface area contributed by atoms with E-state index in [1.54, 1.807) is 20.8 Å². The molecule has 0 radical (unpaired) electrons. The smallest absolute Gasteiger partial charge is 0.422 e. The summed E-state index contributed by atoms with van der Waals surface area (Å²) in [5.74, 6) is -0.759. The SMILES string of the molecule is COc1cc2c(O)c(O)n(C(=O)OC(C)(C)C)c2cn1. The fourth-order valence-corrected chi connectivity index (χ4v) is 1.74. The minimum Gasteiger partial charge on any atom is -0.503 e. The predicted molar refractivity (Wildman–Crippen MR) is 71.2 cm³/mol. The summed E-state index contributed by atoms with van der Waals surface area (Å²) in [6.45, 7) is 5.11. The first-order valence-corrected chi connectivity index (χ1v) is 5.94. The van der Waals surface area contributed by atoms with Gasteiger partial charge in [0.05, 0.1) is 24.2 Å². The van der Waals surface area contributed by atoms with Gasteiger partial charge in [-0.25, -0.2) is 14.3 Å². The van der Waals surface area contributed by atoms with Crippen molar-refractivity contribution in [1.29, 1.82) is 0 Å². The van der Waals surface area contributed by atoms with Crippen LogP contribution in [0.4, 0.5) is 4.79 Å². The highest BCUT2D eigenvalue weighted by Crippen LogP contribution is 2.38. The average Bonchev–Trinajstić information content (AvgIpc) is 2.59.